The highest BCUT2D eigenvalue weighted by atomic mass is 32.1. The summed E-state index contributed by atoms with van der Waals surface area (Å²) in [6, 6.07) is 16.7. The average molecular weight is 434 g/mol. The zero-order valence-electron chi connectivity index (χ0n) is 16.3. The molecule has 0 aliphatic heterocycles. The fourth-order valence-electron chi connectivity index (χ4n) is 2.92. The number of carbonyl (C=O) groups is 2. The largest absolute Gasteiger partial charge is 0.345 e. The molecule has 0 spiro atoms. The summed E-state index contributed by atoms with van der Waals surface area (Å²) in [5.74, 6) is -0.906. The third-order valence-electron chi connectivity index (χ3n) is 4.40. The van der Waals surface area contributed by atoms with Crippen molar-refractivity contribution in [2.24, 2.45) is 0 Å². The third-order valence-corrected chi connectivity index (χ3v) is 5.24. The second-order valence-electron chi connectivity index (χ2n) is 6.68. The Morgan fingerprint density at radius 2 is 1.74 bits per heavy atom. The molecule has 0 aliphatic rings. The van der Waals surface area contributed by atoms with Gasteiger partial charge in [-0.2, -0.15) is 0 Å². The molecular formula is C21H18N6O3S. The molecule has 0 radical (unpaired) electrons. The molecule has 2 amide bonds. The van der Waals surface area contributed by atoms with E-state index in [0.29, 0.717) is 22.5 Å². The molecule has 2 N–H and O–H groups in total. The Labute approximate surface area is 180 Å². The summed E-state index contributed by atoms with van der Waals surface area (Å²) in [6.07, 6.45) is 1.94. The van der Waals surface area contributed by atoms with Gasteiger partial charge in [0, 0.05) is 6.42 Å². The lowest BCUT2D eigenvalue weighted by molar-refractivity contribution is -0.124. The Hall–Kier alpha value is -3.92. The van der Waals surface area contributed by atoms with Crippen LogP contribution in [-0.2, 0) is 22.6 Å². The zero-order chi connectivity index (χ0) is 21.6. The maximum absolute atomic E-state index is 12.4. The Bertz CT molecular complexity index is 1290. The maximum Gasteiger partial charge on any atom is 0.261 e. The molecule has 0 aliphatic carbocycles. The summed E-state index contributed by atoms with van der Waals surface area (Å²) in [6.45, 7) is -0.480. The van der Waals surface area contributed by atoms with Crippen LogP contribution in [0, 0.1) is 0 Å². The number of nitrogens with zero attached hydrogens (tertiary/aromatic N) is 4. The van der Waals surface area contributed by atoms with E-state index in [0.717, 1.165) is 10.6 Å². The van der Waals surface area contributed by atoms with Gasteiger partial charge in [-0.25, -0.2) is 4.98 Å². The number of anilines is 1. The van der Waals surface area contributed by atoms with Gasteiger partial charge < -0.3 is 5.32 Å². The van der Waals surface area contributed by atoms with Crippen molar-refractivity contribution in [3.05, 3.63) is 81.8 Å². The molecule has 9 nitrogen and oxygen atoms in total. The predicted molar refractivity (Wildman–Crippen MR) is 117 cm³/mol. The Balaban J connectivity index is 1.29. The summed E-state index contributed by atoms with van der Waals surface area (Å²) in [5, 5.41) is 14.7. The standard InChI is InChI=1S/C21H18N6O3S/c28-17(24-21-26-25-19(31-21)10-14-6-2-1-3-7-14)11-22-18(29)12-27-13-23-16-9-5-4-8-15(16)20(27)30/h1-9,13H,10-12H2,(H,22,29)(H,24,26,28). The lowest BCUT2D eigenvalue weighted by Gasteiger charge is -2.07. The third kappa shape index (κ3) is 5.17. The molecule has 10 heteroatoms. The van der Waals surface area contributed by atoms with Gasteiger partial charge in [0.05, 0.1) is 23.8 Å². The summed E-state index contributed by atoms with van der Waals surface area (Å²) < 4.78 is 1.20. The maximum atomic E-state index is 12.4. The molecule has 0 bridgehead atoms. The number of amides is 2. The lowest BCUT2D eigenvalue weighted by atomic mass is 10.2. The van der Waals surface area contributed by atoms with E-state index >= 15 is 0 Å². The van der Waals surface area contributed by atoms with Gasteiger partial charge in [0.15, 0.2) is 0 Å². The van der Waals surface area contributed by atoms with Crippen molar-refractivity contribution in [1.29, 1.82) is 0 Å². The number of aromatic nitrogens is 4. The summed E-state index contributed by atoms with van der Waals surface area (Å²) in [4.78, 5) is 40.9. The van der Waals surface area contributed by atoms with Crippen molar-refractivity contribution in [2.75, 3.05) is 11.9 Å². The van der Waals surface area contributed by atoms with Crippen LogP contribution in [0.25, 0.3) is 10.9 Å². The van der Waals surface area contributed by atoms with Crippen LogP contribution < -0.4 is 16.2 Å². The van der Waals surface area contributed by atoms with Crippen LogP contribution in [0.4, 0.5) is 5.13 Å². The minimum Gasteiger partial charge on any atom is -0.345 e. The molecule has 2 heterocycles. The van der Waals surface area contributed by atoms with E-state index in [1.54, 1.807) is 24.3 Å². The van der Waals surface area contributed by atoms with Crippen LogP contribution in [0.3, 0.4) is 0 Å². The van der Waals surface area contributed by atoms with E-state index in [2.05, 4.69) is 25.8 Å². The Kier molecular flexibility index (Phi) is 6.08. The lowest BCUT2D eigenvalue weighted by Crippen LogP contribution is -2.37. The van der Waals surface area contributed by atoms with E-state index in [9.17, 15) is 14.4 Å². The zero-order valence-corrected chi connectivity index (χ0v) is 17.1. The fraction of sp³-hybridized carbons (Fsp3) is 0.143. The minimum atomic E-state index is -0.476. The van der Waals surface area contributed by atoms with Gasteiger partial charge in [0.25, 0.3) is 5.56 Å². The second-order valence-corrected chi connectivity index (χ2v) is 7.75. The molecule has 4 rings (SSSR count). The molecule has 4 aromatic rings. The molecule has 0 unspecified atom stereocenters. The Morgan fingerprint density at radius 1 is 0.968 bits per heavy atom. The first-order valence-corrected chi connectivity index (χ1v) is 10.3. The van der Waals surface area contributed by atoms with Gasteiger partial charge in [-0.15, -0.1) is 10.2 Å². The molecule has 2 aromatic carbocycles. The first-order valence-electron chi connectivity index (χ1n) is 9.45. The highest BCUT2D eigenvalue weighted by Gasteiger charge is 2.12. The molecule has 31 heavy (non-hydrogen) atoms. The van der Waals surface area contributed by atoms with Crippen LogP contribution in [0.2, 0.25) is 0 Å². The van der Waals surface area contributed by atoms with Gasteiger partial charge in [-0.1, -0.05) is 53.8 Å². The van der Waals surface area contributed by atoms with E-state index in [4.69, 9.17) is 0 Å². The summed E-state index contributed by atoms with van der Waals surface area (Å²) in [7, 11) is 0. The smallest absolute Gasteiger partial charge is 0.261 e. The van der Waals surface area contributed by atoms with Gasteiger partial charge in [-0.3, -0.25) is 24.3 Å². The highest BCUT2D eigenvalue weighted by molar-refractivity contribution is 7.15. The number of nitrogens with one attached hydrogen (secondary N) is 2. The van der Waals surface area contributed by atoms with E-state index in [-0.39, 0.29) is 18.6 Å². The molecule has 156 valence electrons. The number of rotatable bonds is 7. The van der Waals surface area contributed by atoms with E-state index in [1.807, 2.05) is 30.3 Å². The summed E-state index contributed by atoms with van der Waals surface area (Å²) in [5.41, 5.74) is 1.35. The molecule has 0 saturated heterocycles. The van der Waals surface area contributed by atoms with E-state index in [1.165, 1.54) is 22.2 Å². The van der Waals surface area contributed by atoms with Crippen molar-refractivity contribution < 1.29 is 9.59 Å². The van der Waals surface area contributed by atoms with Gasteiger partial charge in [-0.05, 0) is 17.7 Å². The predicted octanol–water partition coefficient (Wildman–Crippen LogP) is 1.59. The van der Waals surface area contributed by atoms with Crippen molar-refractivity contribution in [2.45, 2.75) is 13.0 Å². The van der Waals surface area contributed by atoms with E-state index < -0.39 is 11.8 Å². The SMILES string of the molecule is O=C(Cn1cnc2ccccc2c1=O)NCC(=O)Nc1nnc(Cc2ccccc2)s1. The van der Waals surface area contributed by atoms with Crippen LogP contribution in [0.5, 0.6) is 0 Å². The number of fused-ring (bicyclic) bond motifs is 1. The average Bonchev–Trinajstić information content (AvgIpc) is 3.21. The second kappa shape index (κ2) is 9.26. The minimum absolute atomic E-state index is 0.232. The molecule has 0 fully saturated rings. The number of hydrogen-bond acceptors (Lipinski definition) is 7. The normalized spacial score (nSPS) is 10.7. The first kappa shape index (κ1) is 20.4. The number of hydrogen-bond donors (Lipinski definition) is 2. The molecule has 2 aromatic heterocycles. The van der Waals surface area contributed by atoms with Crippen molar-refractivity contribution in [3.8, 4) is 0 Å². The first-order chi connectivity index (χ1) is 15.1. The van der Waals surface area contributed by atoms with Crippen LogP contribution in [0.1, 0.15) is 10.6 Å². The number of carbonyl (C=O) groups excluding carboxylic acids is 2. The topological polar surface area (TPSA) is 119 Å². The number of para-hydroxylation sites is 1. The molecule has 0 atom stereocenters. The number of benzene rings is 2. The fourth-order valence-corrected chi connectivity index (χ4v) is 3.71. The van der Waals surface area contributed by atoms with Crippen molar-refractivity contribution in [3.63, 3.8) is 0 Å². The van der Waals surface area contributed by atoms with Crippen molar-refractivity contribution >= 4 is 39.2 Å². The van der Waals surface area contributed by atoms with Gasteiger partial charge in [0.2, 0.25) is 16.9 Å². The Morgan fingerprint density at radius 3 is 2.58 bits per heavy atom. The van der Waals surface area contributed by atoms with Crippen LogP contribution in [-0.4, -0.2) is 38.1 Å². The monoisotopic (exact) mass is 434 g/mol. The molecule has 0 saturated carbocycles. The van der Waals surface area contributed by atoms with Gasteiger partial charge >= 0.3 is 0 Å². The van der Waals surface area contributed by atoms with Crippen molar-refractivity contribution in [1.82, 2.24) is 25.1 Å². The molecular weight excluding hydrogens is 416 g/mol. The van der Waals surface area contributed by atoms with Crippen LogP contribution >= 0.6 is 11.3 Å². The van der Waals surface area contributed by atoms with Gasteiger partial charge in [0.1, 0.15) is 11.6 Å². The highest BCUT2D eigenvalue weighted by Crippen LogP contribution is 2.18. The summed E-state index contributed by atoms with van der Waals surface area (Å²) >= 11 is 1.28. The quantitative estimate of drug-likeness (QED) is 0.456. The van der Waals surface area contributed by atoms with Crippen LogP contribution in [0.15, 0.2) is 65.7 Å².